The van der Waals surface area contributed by atoms with Crippen molar-refractivity contribution in [3.8, 4) is 17.3 Å². The molecule has 0 unspecified atom stereocenters. The Kier molecular flexibility index (Phi) is 6.61. The summed E-state index contributed by atoms with van der Waals surface area (Å²) in [6.07, 6.45) is 0. The van der Waals surface area contributed by atoms with Gasteiger partial charge in [-0.25, -0.2) is 9.78 Å². The van der Waals surface area contributed by atoms with Gasteiger partial charge in [0.05, 0.1) is 35.4 Å². The second-order valence-corrected chi connectivity index (χ2v) is 6.87. The Bertz CT molecular complexity index is 1080. The molecular weight excluding hydrogens is 386 g/mol. The second kappa shape index (κ2) is 9.53. The molecule has 1 N–H and O–H groups in total. The number of nitriles is 1. The minimum atomic E-state index is -0.530. The first-order valence-corrected chi connectivity index (χ1v) is 9.67. The topological polar surface area (TPSA) is 92.1 Å². The Hall–Kier alpha value is -3.63. The van der Waals surface area contributed by atoms with Crippen LogP contribution in [0.5, 0.6) is 0 Å². The van der Waals surface area contributed by atoms with Crippen molar-refractivity contribution in [2.24, 2.45) is 0 Å². The van der Waals surface area contributed by atoms with Gasteiger partial charge in [-0.1, -0.05) is 54.2 Å². The largest absolute Gasteiger partial charge is 0.465 e. The van der Waals surface area contributed by atoms with Crippen molar-refractivity contribution in [1.82, 2.24) is 4.98 Å². The van der Waals surface area contributed by atoms with Crippen molar-refractivity contribution in [2.75, 3.05) is 18.2 Å². The third kappa shape index (κ3) is 5.00. The molecular formula is C22H17N3O3S. The Morgan fingerprint density at radius 3 is 2.52 bits per heavy atom. The molecule has 0 spiro atoms. The number of hydrogen-bond acceptors (Lipinski definition) is 6. The van der Waals surface area contributed by atoms with Crippen molar-refractivity contribution < 1.29 is 14.3 Å². The van der Waals surface area contributed by atoms with Gasteiger partial charge < -0.3 is 10.1 Å². The molecule has 0 aliphatic carbocycles. The number of ether oxygens (including phenoxy) is 1. The van der Waals surface area contributed by atoms with Crippen LogP contribution in [0.25, 0.3) is 11.3 Å². The molecule has 0 aliphatic rings. The number of methoxy groups -OCH3 is 1. The van der Waals surface area contributed by atoms with Crippen LogP contribution in [0.2, 0.25) is 0 Å². The first kappa shape index (κ1) is 20.1. The highest BCUT2D eigenvalue weighted by molar-refractivity contribution is 8.00. The third-order valence-electron chi connectivity index (χ3n) is 4.00. The van der Waals surface area contributed by atoms with Crippen molar-refractivity contribution in [3.05, 3.63) is 77.9 Å². The third-order valence-corrected chi connectivity index (χ3v) is 4.99. The number of benzene rings is 2. The zero-order valence-electron chi connectivity index (χ0n) is 15.6. The highest BCUT2D eigenvalue weighted by Crippen LogP contribution is 2.25. The SMILES string of the molecule is COC(=O)c1ccccc1NC(=O)CSc1nc(-c2ccccc2)ccc1C#N. The summed E-state index contributed by atoms with van der Waals surface area (Å²) in [4.78, 5) is 28.8. The number of carbonyl (C=O) groups excluding carboxylic acids is 2. The van der Waals surface area contributed by atoms with Crippen LogP contribution in [0.4, 0.5) is 5.69 Å². The van der Waals surface area contributed by atoms with Crippen LogP contribution in [-0.4, -0.2) is 29.7 Å². The number of rotatable bonds is 6. The molecule has 1 heterocycles. The van der Waals surface area contributed by atoms with Gasteiger partial charge in [-0.05, 0) is 24.3 Å². The number of aromatic nitrogens is 1. The molecule has 3 rings (SSSR count). The number of amides is 1. The number of anilines is 1. The number of nitrogens with zero attached hydrogens (tertiary/aromatic N) is 2. The summed E-state index contributed by atoms with van der Waals surface area (Å²) in [5.74, 6) is -0.810. The molecule has 3 aromatic rings. The minimum Gasteiger partial charge on any atom is -0.465 e. The first-order valence-electron chi connectivity index (χ1n) is 8.69. The van der Waals surface area contributed by atoms with Crippen LogP contribution in [0.3, 0.4) is 0 Å². The molecule has 0 saturated carbocycles. The number of hydrogen-bond donors (Lipinski definition) is 1. The van der Waals surface area contributed by atoms with Crippen LogP contribution in [0.1, 0.15) is 15.9 Å². The Balaban J connectivity index is 1.74. The Morgan fingerprint density at radius 1 is 1.07 bits per heavy atom. The van der Waals surface area contributed by atoms with E-state index in [1.807, 2.05) is 30.3 Å². The zero-order chi connectivity index (χ0) is 20.6. The van der Waals surface area contributed by atoms with E-state index in [1.54, 1.807) is 36.4 Å². The van der Waals surface area contributed by atoms with Gasteiger partial charge in [-0.2, -0.15) is 5.26 Å². The fourth-order valence-corrected chi connectivity index (χ4v) is 3.38. The molecule has 0 fully saturated rings. The van der Waals surface area contributed by atoms with E-state index in [-0.39, 0.29) is 17.2 Å². The van der Waals surface area contributed by atoms with E-state index in [0.29, 0.717) is 16.3 Å². The summed E-state index contributed by atoms with van der Waals surface area (Å²) in [6, 6.07) is 21.8. The molecule has 0 radical (unpaired) electrons. The van der Waals surface area contributed by atoms with Gasteiger partial charge in [0.2, 0.25) is 5.91 Å². The van der Waals surface area contributed by atoms with Gasteiger partial charge in [0, 0.05) is 5.56 Å². The maximum atomic E-state index is 12.4. The van der Waals surface area contributed by atoms with E-state index in [2.05, 4.69) is 16.4 Å². The Labute approximate surface area is 172 Å². The van der Waals surface area contributed by atoms with Gasteiger partial charge in [0.25, 0.3) is 0 Å². The van der Waals surface area contributed by atoms with E-state index in [4.69, 9.17) is 4.74 Å². The standard InChI is InChI=1S/C22H17N3O3S/c1-28-22(27)17-9-5-6-10-19(17)24-20(26)14-29-21-16(13-23)11-12-18(25-21)15-7-3-2-4-8-15/h2-12H,14H2,1H3,(H,24,26). The minimum absolute atomic E-state index is 0.0371. The fourth-order valence-electron chi connectivity index (χ4n) is 2.61. The summed E-state index contributed by atoms with van der Waals surface area (Å²) >= 11 is 1.17. The summed E-state index contributed by atoms with van der Waals surface area (Å²) < 4.78 is 4.73. The number of nitrogens with one attached hydrogen (secondary N) is 1. The van der Waals surface area contributed by atoms with Crippen LogP contribution in [0, 0.1) is 11.3 Å². The van der Waals surface area contributed by atoms with Gasteiger partial charge >= 0.3 is 5.97 Å². The van der Waals surface area contributed by atoms with E-state index in [1.165, 1.54) is 18.9 Å². The monoisotopic (exact) mass is 403 g/mol. The van der Waals surface area contributed by atoms with E-state index < -0.39 is 5.97 Å². The number of pyridine rings is 1. The lowest BCUT2D eigenvalue weighted by Crippen LogP contribution is -2.17. The number of esters is 1. The maximum Gasteiger partial charge on any atom is 0.339 e. The average molecular weight is 403 g/mol. The molecule has 0 aliphatic heterocycles. The lowest BCUT2D eigenvalue weighted by atomic mass is 10.1. The van der Waals surface area contributed by atoms with Crippen molar-refractivity contribution in [2.45, 2.75) is 5.03 Å². The van der Waals surface area contributed by atoms with Crippen molar-refractivity contribution in [1.29, 1.82) is 5.26 Å². The first-order chi connectivity index (χ1) is 14.1. The zero-order valence-corrected chi connectivity index (χ0v) is 16.4. The van der Waals surface area contributed by atoms with Crippen LogP contribution in [0.15, 0.2) is 71.8 Å². The van der Waals surface area contributed by atoms with E-state index in [0.717, 1.165) is 11.3 Å². The fraction of sp³-hybridized carbons (Fsp3) is 0.0909. The molecule has 2 aromatic carbocycles. The number of para-hydroxylation sites is 1. The molecule has 0 atom stereocenters. The average Bonchev–Trinajstić information content (AvgIpc) is 2.78. The van der Waals surface area contributed by atoms with E-state index >= 15 is 0 Å². The predicted molar refractivity (Wildman–Crippen MR) is 112 cm³/mol. The maximum absolute atomic E-state index is 12.4. The number of carbonyl (C=O) groups is 2. The normalized spacial score (nSPS) is 10.1. The van der Waals surface area contributed by atoms with Crippen molar-refractivity contribution >= 4 is 29.3 Å². The van der Waals surface area contributed by atoms with Gasteiger partial charge in [0.1, 0.15) is 11.1 Å². The van der Waals surface area contributed by atoms with E-state index in [9.17, 15) is 14.9 Å². The second-order valence-electron chi connectivity index (χ2n) is 5.90. The number of thioether (sulfide) groups is 1. The molecule has 1 amide bonds. The van der Waals surface area contributed by atoms with Crippen LogP contribution in [-0.2, 0) is 9.53 Å². The van der Waals surface area contributed by atoms with Gasteiger partial charge in [-0.3, -0.25) is 4.79 Å². The molecule has 6 nitrogen and oxygen atoms in total. The summed E-state index contributed by atoms with van der Waals surface area (Å²) in [5, 5.41) is 12.5. The molecule has 0 saturated heterocycles. The van der Waals surface area contributed by atoms with Gasteiger partial charge in [0.15, 0.2) is 0 Å². The lowest BCUT2D eigenvalue weighted by Gasteiger charge is -2.10. The predicted octanol–water partition coefficient (Wildman–Crippen LogP) is 4.14. The molecule has 144 valence electrons. The lowest BCUT2D eigenvalue weighted by molar-refractivity contribution is -0.113. The highest BCUT2D eigenvalue weighted by atomic mass is 32.2. The summed E-state index contributed by atoms with van der Waals surface area (Å²) in [5.41, 5.74) is 2.70. The Morgan fingerprint density at radius 2 is 1.79 bits per heavy atom. The quantitative estimate of drug-likeness (QED) is 0.491. The van der Waals surface area contributed by atoms with Crippen molar-refractivity contribution in [3.63, 3.8) is 0 Å². The highest BCUT2D eigenvalue weighted by Gasteiger charge is 2.15. The molecule has 0 bridgehead atoms. The molecule has 29 heavy (non-hydrogen) atoms. The van der Waals surface area contributed by atoms with Crippen LogP contribution >= 0.6 is 11.8 Å². The molecule has 7 heteroatoms. The van der Waals surface area contributed by atoms with Gasteiger partial charge in [-0.15, -0.1) is 0 Å². The summed E-state index contributed by atoms with van der Waals surface area (Å²) in [7, 11) is 1.28. The summed E-state index contributed by atoms with van der Waals surface area (Å²) in [6.45, 7) is 0. The smallest absolute Gasteiger partial charge is 0.339 e. The van der Waals surface area contributed by atoms with Crippen LogP contribution < -0.4 is 5.32 Å². The molecule has 1 aromatic heterocycles.